The lowest BCUT2D eigenvalue weighted by Crippen LogP contribution is -2.55. The molecule has 25 heavy (non-hydrogen) atoms. The van der Waals surface area contributed by atoms with E-state index >= 15 is 0 Å². The predicted molar refractivity (Wildman–Crippen MR) is 96.9 cm³/mol. The van der Waals surface area contributed by atoms with Gasteiger partial charge in [-0.15, -0.1) is 12.4 Å². The van der Waals surface area contributed by atoms with Gasteiger partial charge in [-0.25, -0.2) is 0 Å². The minimum absolute atomic E-state index is 0. The minimum atomic E-state index is -0.651. The standard InChI is InChI=1S/C17H25N3O4.ClH/c1-13-3-5-14(6-4-13)24-12-16(21)19-7-9-20(10-8-19)17(22)15(18)11-23-2;/h3-6,15H,7-12,18H2,1-2H3;1H. The maximum atomic E-state index is 12.2. The summed E-state index contributed by atoms with van der Waals surface area (Å²) in [5.41, 5.74) is 6.90. The molecule has 0 radical (unpaired) electrons. The molecule has 1 aromatic rings. The van der Waals surface area contributed by atoms with Crippen LogP contribution in [0.25, 0.3) is 0 Å². The molecule has 1 aliphatic heterocycles. The average Bonchev–Trinajstić information content (AvgIpc) is 2.60. The number of carbonyl (C=O) groups is 2. The number of amides is 2. The molecule has 1 fully saturated rings. The summed E-state index contributed by atoms with van der Waals surface area (Å²) in [5, 5.41) is 0. The first-order chi connectivity index (χ1) is 11.5. The second kappa shape index (κ2) is 10.2. The van der Waals surface area contributed by atoms with E-state index in [0.29, 0.717) is 31.9 Å². The van der Waals surface area contributed by atoms with Gasteiger partial charge in [0.2, 0.25) is 5.91 Å². The van der Waals surface area contributed by atoms with E-state index in [4.69, 9.17) is 15.2 Å². The third-order valence-corrected chi connectivity index (χ3v) is 3.99. The number of aryl methyl sites for hydroxylation is 1. The van der Waals surface area contributed by atoms with Crippen molar-refractivity contribution in [1.82, 2.24) is 9.80 Å². The largest absolute Gasteiger partial charge is 0.484 e. The Hall–Kier alpha value is -1.83. The first-order valence-electron chi connectivity index (χ1n) is 8.02. The van der Waals surface area contributed by atoms with E-state index < -0.39 is 6.04 Å². The molecule has 0 saturated carbocycles. The SMILES string of the molecule is COCC(N)C(=O)N1CCN(C(=O)COc2ccc(C)cc2)CC1.Cl. The molecule has 1 heterocycles. The Balaban J connectivity index is 0.00000312. The highest BCUT2D eigenvalue weighted by Crippen LogP contribution is 2.12. The maximum Gasteiger partial charge on any atom is 0.260 e. The smallest absolute Gasteiger partial charge is 0.260 e. The van der Waals surface area contributed by atoms with Crippen molar-refractivity contribution in [3.63, 3.8) is 0 Å². The van der Waals surface area contributed by atoms with Crippen LogP contribution in [0.2, 0.25) is 0 Å². The zero-order valence-corrected chi connectivity index (χ0v) is 15.5. The Morgan fingerprint density at radius 1 is 1.12 bits per heavy atom. The van der Waals surface area contributed by atoms with Crippen LogP contribution in [0.4, 0.5) is 0 Å². The third kappa shape index (κ3) is 6.19. The molecule has 0 aliphatic carbocycles. The molecule has 8 heteroatoms. The maximum absolute atomic E-state index is 12.2. The molecule has 2 N–H and O–H groups in total. The highest BCUT2D eigenvalue weighted by molar-refractivity contribution is 5.85. The summed E-state index contributed by atoms with van der Waals surface area (Å²) in [6.45, 7) is 4.12. The lowest BCUT2D eigenvalue weighted by molar-refractivity contribution is -0.142. The molecule has 0 spiro atoms. The fourth-order valence-corrected chi connectivity index (χ4v) is 2.53. The number of nitrogens with zero attached hydrogens (tertiary/aromatic N) is 2. The van der Waals surface area contributed by atoms with Crippen LogP contribution in [-0.4, -0.2) is 74.2 Å². The van der Waals surface area contributed by atoms with E-state index in [1.54, 1.807) is 9.80 Å². The summed E-state index contributed by atoms with van der Waals surface area (Å²) < 4.78 is 10.4. The van der Waals surface area contributed by atoms with Gasteiger partial charge in [-0.2, -0.15) is 0 Å². The van der Waals surface area contributed by atoms with E-state index in [2.05, 4.69) is 0 Å². The van der Waals surface area contributed by atoms with Gasteiger partial charge in [-0.1, -0.05) is 17.7 Å². The van der Waals surface area contributed by atoms with E-state index in [9.17, 15) is 9.59 Å². The van der Waals surface area contributed by atoms with Crippen LogP contribution in [0, 0.1) is 6.92 Å². The zero-order chi connectivity index (χ0) is 17.5. The first kappa shape index (κ1) is 21.2. The van der Waals surface area contributed by atoms with Gasteiger partial charge >= 0.3 is 0 Å². The van der Waals surface area contributed by atoms with Gasteiger partial charge in [0.25, 0.3) is 5.91 Å². The summed E-state index contributed by atoms with van der Waals surface area (Å²) in [7, 11) is 1.51. The predicted octanol–water partition coefficient (Wildman–Crippen LogP) is 0.440. The quantitative estimate of drug-likeness (QED) is 0.784. The Labute approximate surface area is 154 Å². The van der Waals surface area contributed by atoms with Gasteiger partial charge in [-0.3, -0.25) is 9.59 Å². The summed E-state index contributed by atoms with van der Waals surface area (Å²) in [6.07, 6.45) is 0. The molecular weight excluding hydrogens is 346 g/mol. The number of carbonyl (C=O) groups excluding carboxylic acids is 2. The van der Waals surface area contributed by atoms with Crippen LogP contribution in [0.3, 0.4) is 0 Å². The highest BCUT2D eigenvalue weighted by atomic mass is 35.5. The van der Waals surface area contributed by atoms with Gasteiger partial charge in [0.15, 0.2) is 6.61 Å². The van der Waals surface area contributed by atoms with Crippen molar-refractivity contribution < 1.29 is 19.1 Å². The Morgan fingerprint density at radius 3 is 2.24 bits per heavy atom. The molecule has 0 bridgehead atoms. The Bertz CT molecular complexity index is 560. The fraction of sp³-hybridized carbons (Fsp3) is 0.529. The molecule has 1 saturated heterocycles. The molecule has 7 nitrogen and oxygen atoms in total. The van der Waals surface area contributed by atoms with Gasteiger partial charge in [0.1, 0.15) is 11.8 Å². The molecular formula is C17H26ClN3O4. The third-order valence-electron chi connectivity index (χ3n) is 3.99. The molecule has 140 valence electrons. The zero-order valence-electron chi connectivity index (χ0n) is 14.6. The number of methoxy groups -OCH3 is 1. The number of halogens is 1. The molecule has 1 unspecified atom stereocenters. The van der Waals surface area contributed by atoms with Crippen molar-refractivity contribution in [2.45, 2.75) is 13.0 Å². The van der Waals surface area contributed by atoms with Gasteiger partial charge in [0.05, 0.1) is 6.61 Å². The van der Waals surface area contributed by atoms with E-state index in [1.807, 2.05) is 31.2 Å². The summed E-state index contributed by atoms with van der Waals surface area (Å²) >= 11 is 0. The van der Waals surface area contributed by atoms with Crippen molar-refractivity contribution in [3.8, 4) is 5.75 Å². The van der Waals surface area contributed by atoms with Crippen LogP contribution in [0.1, 0.15) is 5.56 Å². The Morgan fingerprint density at radius 2 is 1.68 bits per heavy atom. The second-order valence-corrected chi connectivity index (χ2v) is 5.87. The molecule has 0 aromatic heterocycles. The van der Waals surface area contributed by atoms with Crippen LogP contribution >= 0.6 is 12.4 Å². The lowest BCUT2D eigenvalue weighted by Gasteiger charge is -2.35. The van der Waals surface area contributed by atoms with Gasteiger partial charge in [0, 0.05) is 33.3 Å². The van der Waals surface area contributed by atoms with Crippen LogP contribution in [-0.2, 0) is 14.3 Å². The summed E-state index contributed by atoms with van der Waals surface area (Å²) in [4.78, 5) is 27.7. The fourth-order valence-electron chi connectivity index (χ4n) is 2.53. The molecule has 2 amide bonds. The second-order valence-electron chi connectivity index (χ2n) is 5.87. The van der Waals surface area contributed by atoms with Crippen molar-refractivity contribution in [3.05, 3.63) is 29.8 Å². The number of rotatable bonds is 6. The molecule has 1 aromatic carbocycles. The van der Waals surface area contributed by atoms with Gasteiger partial charge in [-0.05, 0) is 19.1 Å². The number of hydrogen-bond acceptors (Lipinski definition) is 5. The summed E-state index contributed by atoms with van der Waals surface area (Å²) in [5.74, 6) is 0.456. The van der Waals surface area contributed by atoms with Crippen LogP contribution < -0.4 is 10.5 Å². The average molecular weight is 372 g/mol. The lowest BCUT2D eigenvalue weighted by atomic mass is 10.2. The number of nitrogens with two attached hydrogens (primary N) is 1. The number of piperazine rings is 1. The molecule has 2 rings (SSSR count). The number of benzene rings is 1. The highest BCUT2D eigenvalue weighted by Gasteiger charge is 2.27. The van der Waals surface area contributed by atoms with E-state index in [0.717, 1.165) is 5.56 Å². The van der Waals surface area contributed by atoms with Crippen molar-refractivity contribution in [2.24, 2.45) is 5.73 Å². The van der Waals surface area contributed by atoms with Crippen LogP contribution in [0.5, 0.6) is 5.75 Å². The van der Waals surface area contributed by atoms with Crippen molar-refractivity contribution >= 4 is 24.2 Å². The monoisotopic (exact) mass is 371 g/mol. The van der Waals surface area contributed by atoms with Gasteiger partial charge < -0.3 is 25.0 Å². The van der Waals surface area contributed by atoms with Crippen LogP contribution in [0.15, 0.2) is 24.3 Å². The van der Waals surface area contributed by atoms with E-state index in [1.165, 1.54) is 7.11 Å². The number of hydrogen-bond donors (Lipinski definition) is 1. The normalized spacial score (nSPS) is 15.3. The van der Waals surface area contributed by atoms with Crippen molar-refractivity contribution in [2.75, 3.05) is 46.5 Å². The topological polar surface area (TPSA) is 85.1 Å². The Kier molecular flexibility index (Phi) is 8.68. The molecule has 1 atom stereocenters. The van der Waals surface area contributed by atoms with E-state index in [-0.39, 0.29) is 37.4 Å². The minimum Gasteiger partial charge on any atom is -0.484 e. The van der Waals surface area contributed by atoms with Crippen molar-refractivity contribution in [1.29, 1.82) is 0 Å². The molecule has 1 aliphatic rings. The summed E-state index contributed by atoms with van der Waals surface area (Å²) in [6, 6.07) is 6.91. The first-order valence-corrected chi connectivity index (χ1v) is 8.02. The number of ether oxygens (including phenoxy) is 2.